The van der Waals surface area contributed by atoms with Crippen molar-refractivity contribution < 1.29 is 9.47 Å². The Bertz CT molecular complexity index is 829. The van der Waals surface area contributed by atoms with Crippen molar-refractivity contribution in [2.75, 3.05) is 44.8 Å². The molecule has 2 aromatic rings. The molecule has 3 atom stereocenters. The lowest BCUT2D eigenvalue weighted by atomic mass is 9.83. The van der Waals surface area contributed by atoms with Crippen LogP contribution in [0.4, 0.5) is 5.69 Å². The first-order valence-electron chi connectivity index (χ1n) is 11.4. The number of benzene rings is 2. The van der Waals surface area contributed by atoms with Crippen LogP contribution in [0.25, 0.3) is 0 Å². The molecule has 2 heterocycles. The van der Waals surface area contributed by atoms with E-state index in [1.807, 2.05) is 0 Å². The minimum atomic E-state index is 0.129. The van der Waals surface area contributed by atoms with Crippen LogP contribution in [-0.4, -0.2) is 56.9 Å². The van der Waals surface area contributed by atoms with Crippen molar-refractivity contribution in [3.63, 3.8) is 0 Å². The minimum absolute atomic E-state index is 0.129. The summed E-state index contributed by atoms with van der Waals surface area (Å²) in [4.78, 5) is 4.88. The Kier molecular flexibility index (Phi) is 6.64. The molecule has 0 bridgehead atoms. The number of rotatable bonds is 5. The lowest BCUT2D eigenvalue weighted by Crippen LogP contribution is -2.47. The van der Waals surface area contributed by atoms with Crippen LogP contribution in [0.1, 0.15) is 42.4 Å². The van der Waals surface area contributed by atoms with E-state index in [1.165, 1.54) is 28.8 Å². The van der Waals surface area contributed by atoms with Gasteiger partial charge in [-0.15, -0.1) is 0 Å². The van der Waals surface area contributed by atoms with Crippen LogP contribution in [0.3, 0.4) is 0 Å². The molecule has 30 heavy (non-hydrogen) atoms. The smallest absolute Gasteiger partial charge is 0.143 e. The van der Waals surface area contributed by atoms with Crippen LogP contribution in [-0.2, 0) is 4.74 Å². The third-order valence-electron chi connectivity index (χ3n) is 6.79. The first-order valence-corrected chi connectivity index (χ1v) is 11.4. The van der Waals surface area contributed by atoms with Crippen LogP contribution >= 0.6 is 0 Å². The molecule has 0 saturated carbocycles. The summed E-state index contributed by atoms with van der Waals surface area (Å²) in [5, 5.41) is 0. The number of piperidine rings is 1. The van der Waals surface area contributed by atoms with E-state index in [4.69, 9.17) is 9.47 Å². The molecule has 0 aliphatic carbocycles. The second kappa shape index (κ2) is 9.40. The molecule has 4 heteroatoms. The summed E-state index contributed by atoms with van der Waals surface area (Å²) in [6.45, 7) is 11.1. The van der Waals surface area contributed by atoms with Crippen molar-refractivity contribution in [3.8, 4) is 5.75 Å². The summed E-state index contributed by atoms with van der Waals surface area (Å²) in [5.41, 5.74) is 5.23. The average molecular weight is 409 g/mol. The normalized spacial score (nSPS) is 23.9. The number of anilines is 1. The van der Waals surface area contributed by atoms with Gasteiger partial charge in [0.2, 0.25) is 0 Å². The van der Waals surface area contributed by atoms with E-state index in [2.05, 4.69) is 80.1 Å². The summed E-state index contributed by atoms with van der Waals surface area (Å²) in [7, 11) is 2.25. The largest absolute Gasteiger partial charge is 0.487 e. The van der Waals surface area contributed by atoms with Crippen molar-refractivity contribution in [1.29, 1.82) is 0 Å². The van der Waals surface area contributed by atoms with Crippen molar-refractivity contribution in [1.82, 2.24) is 4.90 Å². The molecular weight excluding hydrogens is 372 g/mol. The van der Waals surface area contributed by atoms with Crippen LogP contribution in [0.5, 0.6) is 5.75 Å². The third kappa shape index (κ3) is 4.81. The summed E-state index contributed by atoms with van der Waals surface area (Å²) in [5.74, 6) is 1.62. The maximum absolute atomic E-state index is 6.67. The number of nitrogens with zero attached hydrogens (tertiary/aromatic N) is 2. The van der Waals surface area contributed by atoms with Crippen LogP contribution in [0, 0.1) is 13.8 Å². The zero-order chi connectivity index (χ0) is 21.1. The molecule has 2 aromatic carbocycles. The van der Waals surface area contributed by atoms with E-state index in [0.29, 0.717) is 12.0 Å². The molecule has 3 unspecified atom stereocenters. The first kappa shape index (κ1) is 21.2. The number of ether oxygens (including phenoxy) is 2. The highest BCUT2D eigenvalue weighted by Crippen LogP contribution is 2.36. The van der Waals surface area contributed by atoms with Crippen LogP contribution < -0.4 is 9.64 Å². The summed E-state index contributed by atoms with van der Waals surface area (Å²) in [6.07, 6.45) is 2.48. The van der Waals surface area contributed by atoms with Gasteiger partial charge in [-0.05, 0) is 76.4 Å². The number of likely N-dealkylation sites (tertiary alicyclic amines) is 1. The lowest BCUT2D eigenvalue weighted by Gasteiger charge is -2.41. The van der Waals surface area contributed by atoms with Gasteiger partial charge in [-0.1, -0.05) is 35.9 Å². The summed E-state index contributed by atoms with van der Waals surface area (Å²) < 4.78 is 12.2. The standard InChI is InChI=1S/C26H36N2O2/c1-19-5-8-22(9-6-19)23-11-12-27(4)25(18-23)21(3)30-26-17-20(2)7-10-24(26)28-13-15-29-16-14-28/h5-10,17,21,23,25H,11-16,18H2,1-4H3. The van der Waals surface area contributed by atoms with Gasteiger partial charge in [0.05, 0.1) is 18.9 Å². The quantitative estimate of drug-likeness (QED) is 0.710. The number of likely N-dealkylation sites (N-methyl/N-ethyl adjacent to an activating group) is 1. The Balaban J connectivity index is 1.50. The fraction of sp³-hybridized carbons (Fsp3) is 0.538. The Morgan fingerprint density at radius 3 is 2.40 bits per heavy atom. The van der Waals surface area contributed by atoms with Gasteiger partial charge in [0.15, 0.2) is 0 Å². The monoisotopic (exact) mass is 408 g/mol. The highest BCUT2D eigenvalue weighted by Gasteiger charge is 2.32. The van der Waals surface area contributed by atoms with E-state index >= 15 is 0 Å². The van der Waals surface area contributed by atoms with Gasteiger partial charge >= 0.3 is 0 Å². The highest BCUT2D eigenvalue weighted by atomic mass is 16.5. The van der Waals surface area contributed by atoms with Gasteiger partial charge in [0.25, 0.3) is 0 Å². The predicted molar refractivity (Wildman–Crippen MR) is 124 cm³/mol. The Morgan fingerprint density at radius 1 is 0.967 bits per heavy atom. The Labute approximate surface area is 181 Å². The van der Waals surface area contributed by atoms with Gasteiger partial charge in [0, 0.05) is 19.1 Å². The molecule has 2 aliphatic heterocycles. The van der Waals surface area contributed by atoms with Crippen molar-refractivity contribution in [2.24, 2.45) is 0 Å². The number of aryl methyl sites for hydroxylation is 2. The fourth-order valence-electron chi connectivity index (χ4n) is 4.87. The van der Waals surface area contributed by atoms with Crippen LogP contribution in [0.15, 0.2) is 42.5 Å². The third-order valence-corrected chi connectivity index (χ3v) is 6.79. The summed E-state index contributed by atoms with van der Waals surface area (Å²) >= 11 is 0. The predicted octanol–water partition coefficient (Wildman–Crippen LogP) is 4.79. The maximum Gasteiger partial charge on any atom is 0.143 e. The van der Waals surface area contributed by atoms with E-state index in [-0.39, 0.29) is 6.10 Å². The van der Waals surface area contributed by atoms with Crippen molar-refractivity contribution in [3.05, 3.63) is 59.2 Å². The van der Waals surface area contributed by atoms with Gasteiger partial charge < -0.3 is 14.4 Å². The first-order chi connectivity index (χ1) is 14.5. The Morgan fingerprint density at radius 2 is 1.67 bits per heavy atom. The SMILES string of the molecule is Cc1ccc(C2CCN(C)C(C(C)Oc3cc(C)ccc3N3CCOCC3)C2)cc1. The molecule has 2 fully saturated rings. The molecule has 162 valence electrons. The van der Waals surface area contributed by atoms with E-state index in [1.54, 1.807) is 0 Å². The molecule has 4 nitrogen and oxygen atoms in total. The summed E-state index contributed by atoms with van der Waals surface area (Å²) in [6, 6.07) is 16.1. The van der Waals surface area contributed by atoms with Crippen molar-refractivity contribution >= 4 is 5.69 Å². The fourth-order valence-corrected chi connectivity index (χ4v) is 4.87. The molecule has 0 N–H and O–H groups in total. The molecule has 2 saturated heterocycles. The second-order valence-electron chi connectivity index (χ2n) is 9.07. The van der Waals surface area contributed by atoms with Gasteiger partial charge in [0.1, 0.15) is 11.9 Å². The number of hydrogen-bond donors (Lipinski definition) is 0. The van der Waals surface area contributed by atoms with E-state index in [9.17, 15) is 0 Å². The molecule has 0 amide bonds. The molecule has 2 aliphatic rings. The van der Waals surface area contributed by atoms with E-state index < -0.39 is 0 Å². The zero-order valence-electron chi connectivity index (χ0n) is 18.9. The lowest BCUT2D eigenvalue weighted by molar-refractivity contribution is 0.0607. The van der Waals surface area contributed by atoms with Crippen LogP contribution in [0.2, 0.25) is 0 Å². The molecule has 0 radical (unpaired) electrons. The maximum atomic E-state index is 6.67. The number of morpholine rings is 1. The second-order valence-corrected chi connectivity index (χ2v) is 9.07. The van der Waals surface area contributed by atoms with Gasteiger partial charge in [-0.3, -0.25) is 4.90 Å². The van der Waals surface area contributed by atoms with Gasteiger partial charge in [-0.2, -0.15) is 0 Å². The zero-order valence-corrected chi connectivity index (χ0v) is 18.9. The van der Waals surface area contributed by atoms with E-state index in [0.717, 1.165) is 45.0 Å². The Hall–Kier alpha value is -2.04. The molecule has 4 rings (SSSR count). The van der Waals surface area contributed by atoms with Gasteiger partial charge in [-0.25, -0.2) is 0 Å². The topological polar surface area (TPSA) is 24.9 Å². The minimum Gasteiger partial charge on any atom is -0.487 e. The highest BCUT2D eigenvalue weighted by molar-refractivity contribution is 5.60. The molecular formula is C26H36N2O2. The average Bonchev–Trinajstić information content (AvgIpc) is 2.75. The molecule has 0 spiro atoms. The number of hydrogen-bond acceptors (Lipinski definition) is 4. The molecule has 0 aromatic heterocycles. The van der Waals surface area contributed by atoms with Crippen molar-refractivity contribution in [2.45, 2.75) is 51.7 Å².